The summed E-state index contributed by atoms with van der Waals surface area (Å²) >= 11 is 0.463. The number of carbonyl (C=O) groups excluding carboxylic acids is 1. The molecule has 0 unspecified atom stereocenters. The molecule has 1 aliphatic rings. The van der Waals surface area contributed by atoms with Gasteiger partial charge in [0.15, 0.2) is 0 Å². The van der Waals surface area contributed by atoms with Crippen molar-refractivity contribution in [1.29, 1.82) is 0 Å². The third kappa shape index (κ3) is 6.13. The van der Waals surface area contributed by atoms with E-state index in [4.69, 9.17) is 0 Å². The number of alkyl halides is 2. The van der Waals surface area contributed by atoms with Gasteiger partial charge in [-0.3, -0.25) is 19.8 Å². The standard InChI is InChI=1S/C19H20F2N4O3S/c20-19(21)29-17-7-1-14(2-8-17)22-18(26)13-23-9-11-24(12-10-23)15-3-5-16(6-4-15)25(27)28/h1-8,19H,9-13H2,(H,22,26). The van der Waals surface area contributed by atoms with Gasteiger partial charge in [-0.2, -0.15) is 8.78 Å². The first kappa shape index (κ1) is 21.0. The largest absolute Gasteiger partial charge is 0.369 e. The number of non-ortho nitro benzene ring substituents is 1. The summed E-state index contributed by atoms with van der Waals surface area (Å²) in [5.74, 6) is -2.64. The highest BCUT2D eigenvalue weighted by Crippen LogP contribution is 2.26. The van der Waals surface area contributed by atoms with Gasteiger partial charge in [-0.15, -0.1) is 0 Å². The molecule has 10 heteroatoms. The van der Waals surface area contributed by atoms with Crippen molar-refractivity contribution in [2.45, 2.75) is 10.7 Å². The number of anilines is 2. The number of thioether (sulfide) groups is 1. The van der Waals surface area contributed by atoms with Crippen LogP contribution in [-0.2, 0) is 4.79 Å². The lowest BCUT2D eigenvalue weighted by molar-refractivity contribution is -0.384. The van der Waals surface area contributed by atoms with Crippen molar-refractivity contribution < 1.29 is 18.5 Å². The maximum Gasteiger partial charge on any atom is 0.288 e. The first-order valence-corrected chi connectivity index (χ1v) is 9.85. The second-order valence-corrected chi connectivity index (χ2v) is 7.55. The maximum absolute atomic E-state index is 12.3. The molecule has 1 N–H and O–H groups in total. The molecule has 0 bridgehead atoms. The number of nitrogens with one attached hydrogen (secondary N) is 1. The molecule has 154 valence electrons. The molecular weight excluding hydrogens is 402 g/mol. The Balaban J connectivity index is 1.45. The highest BCUT2D eigenvalue weighted by molar-refractivity contribution is 7.99. The van der Waals surface area contributed by atoms with Gasteiger partial charge in [0.1, 0.15) is 0 Å². The van der Waals surface area contributed by atoms with E-state index in [1.165, 1.54) is 12.1 Å². The quantitative estimate of drug-likeness (QED) is 0.417. The molecular formula is C19H20F2N4O3S. The third-order valence-electron chi connectivity index (χ3n) is 4.53. The van der Waals surface area contributed by atoms with Crippen molar-refractivity contribution >= 4 is 34.7 Å². The fourth-order valence-corrected chi connectivity index (χ4v) is 3.57. The Hall–Kier alpha value is -2.72. The summed E-state index contributed by atoms with van der Waals surface area (Å²) < 4.78 is 24.7. The lowest BCUT2D eigenvalue weighted by Crippen LogP contribution is -2.48. The Bertz CT molecular complexity index is 842. The van der Waals surface area contributed by atoms with Crippen LogP contribution in [0.2, 0.25) is 0 Å². The van der Waals surface area contributed by atoms with Gasteiger partial charge in [0.25, 0.3) is 11.4 Å². The van der Waals surface area contributed by atoms with Gasteiger partial charge < -0.3 is 10.2 Å². The summed E-state index contributed by atoms with van der Waals surface area (Å²) in [6, 6.07) is 12.8. The van der Waals surface area contributed by atoms with Crippen LogP contribution in [0.4, 0.5) is 25.8 Å². The van der Waals surface area contributed by atoms with E-state index in [0.717, 1.165) is 5.69 Å². The number of carbonyl (C=O) groups is 1. The fourth-order valence-electron chi connectivity index (χ4n) is 3.07. The first-order chi connectivity index (χ1) is 13.9. The summed E-state index contributed by atoms with van der Waals surface area (Å²) in [5, 5.41) is 13.5. The minimum Gasteiger partial charge on any atom is -0.369 e. The minimum absolute atomic E-state index is 0.0601. The maximum atomic E-state index is 12.3. The Morgan fingerprint density at radius 2 is 1.69 bits per heavy atom. The topological polar surface area (TPSA) is 78.7 Å². The smallest absolute Gasteiger partial charge is 0.288 e. The van der Waals surface area contributed by atoms with Crippen LogP contribution in [0, 0.1) is 10.1 Å². The van der Waals surface area contributed by atoms with E-state index in [9.17, 15) is 23.7 Å². The highest BCUT2D eigenvalue weighted by atomic mass is 32.2. The van der Waals surface area contributed by atoms with Crippen LogP contribution in [0.15, 0.2) is 53.4 Å². The van der Waals surface area contributed by atoms with Gasteiger partial charge in [-0.25, -0.2) is 0 Å². The average molecular weight is 422 g/mol. The minimum atomic E-state index is -2.47. The number of hydrogen-bond donors (Lipinski definition) is 1. The Kier molecular flexibility index (Phi) is 6.99. The van der Waals surface area contributed by atoms with Crippen LogP contribution in [0.1, 0.15) is 0 Å². The number of nitro groups is 1. The Labute approximate surface area is 170 Å². The number of nitro benzene ring substituents is 1. The van der Waals surface area contributed by atoms with Crippen molar-refractivity contribution in [3.05, 3.63) is 58.6 Å². The molecule has 1 fully saturated rings. The van der Waals surface area contributed by atoms with Crippen LogP contribution in [0.25, 0.3) is 0 Å². The van der Waals surface area contributed by atoms with E-state index >= 15 is 0 Å². The molecule has 0 aromatic heterocycles. The van der Waals surface area contributed by atoms with E-state index in [1.807, 2.05) is 4.90 Å². The molecule has 7 nitrogen and oxygen atoms in total. The van der Waals surface area contributed by atoms with E-state index in [1.54, 1.807) is 36.4 Å². The van der Waals surface area contributed by atoms with E-state index in [-0.39, 0.29) is 18.1 Å². The molecule has 0 spiro atoms. The van der Waals surface area contributed by atoms with Crippen molar-refractivity contribution in [2.75, 3.05) is 42.9 Å². The van der Waals surface area contributed by atoms with Crippen LogP contribution < -0.4 is 10.2 Å². The van der Waals surface area contributed by atoms with Gasteiger partial charge in [0.05, 0.1) is 11.5 Å². The molecule has 1 saturated heterocycles. The van der Waals surface area contributed by atoms with Gasteiger partial charge in [0.2, 0.25) is 5.91 Å². The third-order valence-corrected chi connectivity index (χ3v) is 5.25. The number of amides is 1. The zero-order valence-corrected chi connectivity index (χ0v) is 16.3. The summed E-state index contributed by atoms with van der Waals surface area (Å²) in [6.45, 7) is 3.04. The van der Waals surface area contributed by atoms with E-state index in [2.05, 4.69) is 10.2 Å². The molecule has 2 aromatic rings. The predicted octanol–water partition coefficient (Wildman–Crippen LogP) is 3.67. The normalized spacial score (nSPS) is 14.8. The number of halogens is 2. The number of hydrogen-bond acceptors (Lipinski definition) is 6. The van der Waals surface area contributed by atoms with Crippen molar-refractivity contribution in [1.82, 2.24) is 4.90 Å². The monoisotopic (exact) mass is 422 g/mol. The number of rotatable bonds is 7. The first-order valence-electron chi connectivity index (χ1n) is 8.97. The fraction of sp³-hybridized carbons (Fsp3) is 0.316. The summed E-state index contributed by atoms with van der Waals surface area (Å²) in [5.41, 5.74) is 1.55. The number of piperazine rings is 1. The molecule has 0 radical (unpaired) electrons. The Morgan fingerprint density at radius 1 is 1.07 bits per heavy atom. The van der Waals surface area contributed by atoms with Crippen LogP contribution in [-0.4, -0.2) is 54.2 Å². The molecule has 29 heavy (non-hydrogen) atoms. The number of benzene rings is 2. The number of nitrogens with zero attached hydrogens (tertiary/aromatic N) is 3. The Morgan fingerprint density at radius 3 is 2.24 bits per heavy atom. The predicted molar refractivity (Wildman–Crippen MR) is 109 cm³/mol. The van der Waals surface area contributed by atoms with Crippen LogP contribution >= 0.6 is 11.8 Å². The van der Waals surface area contributed by atoms with Gasteiger partial charge >= 0.3 is 0 Å². The van der Waals surface area contributed by atoms with Gasteiger partial charge in [0, 0.05) is 54.6 Å². The summed E-state index contributed by atoms with van der Waals surface area (Å²) in [7, 11) is 0. The lowest BCUT2D eigenvalue weighted by Gasteiger charge is -2.35. The molecule has 1 amide bonds. The summed E-state index contributed by atoms with van der Waals surface area (Å²) in [4.78, 5) is 27.1. The van der Waals surface area contributed by atoms with Crippen molar-refractivity contribution in [2.24, 2.45) is 0 Å². The average Bonchev–Trinajstić information content (AvgIpc) is 2.70. The highest BCUT2D eigenvalue weighted by Gasteiger charge is 2.20. The van der Waals surface area contributed by atoms with Gasteiger partial charge in [-0.1, -0.05) is 11.8 Å². The van der Waals surface area contributed by atoms with Crippen LogP contribution in [0.5, 0.6) is 0 Å². The molecule has 1 aliphatic heterocycles. The second-order valence-electron chi connectivity index (χ2n) is 6.49. The second kappa shape index (κ2) is 9.66. The molecule has 1 heterocycles. The van der Waals surface area contributed by atoms with E-state index in [0.29, 0.717) is 48.5 Å². The summed E-state index contributed by atoms with van der Waals surface area (Å²) in [6.07, 6.45) is 0. The van der Waals surface area contributed by atoms with E-state index < -0.39 is 10.7 Å². The van der Waals surface area contributed by atoms with Gasteiger partial charge in [-0.05, 0) is 36.4 Å². The molecule has 2 aromatic carbocycles. The molecule has 0 saturated carbocycles. The lowest BCUT2D eigenvalue weighted by atomic mass is 10.2. The zero-order chi connectivity index (χ0) is 20.8. The molecule has 3 rings (SSSR count). The van der Waals surface area contributed by atoms with Crippen molar-refractivity contribution in [3.63, 3.8) is 0 Å². The van der Waals surface area contributed by atoms with Crippen LogP contribution in [0.3, 0.4) is 0 Å². The van der Waals surface area contributed by atoms with Crippen molar-refractivity contribution in [3.8, 4) is 0 Å². The zero-order valence-electron chi connectivity index (χ0n) is 15.5. The SMILES string of the molecule is O=C(CN1CCN(c2ccc([N+](=O)[O-])cc2)CC1)Nc1ccc(SC(F)F)cc1. The molecule has 0 atom stereocenters. The molecule has 0 aliphatic carbocycles.